The number of piperidine rings is 1. The Labute approximate surface area is 215 Å². The number of rotatable bonds is 5. The Morgan fingerprint density at radius 1 is 0.973 bits per heavy atom. The second-order valence-corrected chi connectivity index (χ2v) is 10.6. The van der Waals surface area contributed by atoms with Gasteiger partial charge in [0.05, 0.1) is 5.69 Å². The van der Waals surface area contributed by atoms with Gasteiger partial charge in [0.25, 0.3) is 0 Å². The number of anilines is 1. The number of likely N-dealkylation sites (tertiary alicyclic amines) is 1. The van der Waals surface area contributed by atoms with E-state index in [1.54, 1.807) is 12.3 Å². The molecule has 7 nitrogen and oxygen atoms in total. The molecule has 2 aromatic heterocycles. The van der Waals surface area contributed by atoms with Crippen LogP contribution >= 0.6 is 0 Å². The Morgan fingerprint density at radius 2 is 1.73 bits per heavy atom. The van der Waals surface area contributed by atoms with E-state index >= 15 is 0 Å². The van der Waals surface area contributed by atoms with Crippen LogP contribution in [-0.2, 0) is 16.6 Å². The van der Waals surface area contributed by atoms with E-state index in [9.17, 15) is 23.1 Å². The van der Waals surface area contributed by atoms with Crippen molar-refractivity contribution in [1.82, 2.24) is 20.2 Å². The minimum Gasteiger partial charge on any atom is -0.384 e. The van der Waals surface area contributed by atoms with Gasteiger partial charge in [-0.2, -0.15) is 13.2 Å². The lowest BCUT2D eigenvalue weighted by atomic mass is 9.79. The average Bonchev–Trinajstić information content (AvgIpc) is 3.38. The van der Waals surface area contributed by atoms with Crippen molar-refractivity contribution in [3.05, 3.63) is 54.0 Å². The number of hydrogen-bond acceptors (Lipinski definition) is 6. The highest BCUT2D eigenvalue weighted by Crippen LogP contribution is 2.36. The van der Waals surface area contributed by atoms with Gasteiger partial charge in [-0.15, -0.1) is 0 Å². The third kappa shape index (κ3) is 5.90. The summed E-state index contributed by atoms with van der Waals surface area (Å²) >= 11 is 0. The molecule has 200 valence electrons. The van der Waals surface area contributed by atoms with Gasteiger partial charge >= 0.3 is 6.18 Å². The highest BCUT2D eigenvalue weighted by atomic mass is 19.4. The summed E-state index contributed by atoms with van der Waals surface area (Å²) in [6.07, 6.45) is 2.42. The van der Waals surface area contributed by atoms with Crippen LogP contribution in [0.1, 0.15) is 56.3 Å². The van der Waals surface area contributed by atoms with Crippen LogP contribution in [0.3, 0.4) is 0 Å². The van der Waals surface area contributed by atoms with Crippen LogP contribution in [0.25, 0.3) is 0 Å². The number of nitrogens with zero attached hydrogens (tertiary/aromatic N) is 4. The van der Waals surface area contributed by atoms with Gasteiger partial charge in [0.2, 0.25) is 5.91 Å². The van der Waals surface area contributed by atoms with Crippen molar-refractivity contribution in [2.45, 2.75) is 68.8 Å². The van der Waals surface area contributed by atoms with Crippen LogP contribution in [-0.4, -0.2) is 64.1 Å². The summed E-state index contributed by atoms with van der Waals surface area (Å²) < 4.78 is 39.0. The van der Waals surface area contributed by atoms with Crippen molar-refractivity contribution in [2.75, 3.05) is 31.1 Å². The number of carbonyl (C=O) groups excluding carboxylic acids is 1. The smallest absolute Gasteiger partial charge is 0.384 e. The van der Waals surface area contributed by atoms with Gasteiger partial charge < -0.3 is 20.2 Å². The van der Waals surface area contributed by atoms with Crippen LogP contribution in [0.4, 0.5) is 19.0 Å². The Kier molecular flexibility index (Phi) is 7.40. The van der Waals surface area contributed by atoms with Gasteiger partial charge in [0, 0.05) is 50.4 Å². The zero-order valence-electron chi connectivity index (χ0n) is 20.8. The maximum atomic E-state index is 13.2. The van der Waals surface area contributed by atoms with Crippen molar-refractivity contribution >= 4 is 11.7 Å². The first kappa shape index (κ1) is 25.9. The number of pyridine rings is 2. The van der Waals surface area contributed by atoms with Crippen molar-refractivity contribution in [3.63, 3.8) is 0 Å². The second kappa shape index (κ2) is 10.6. The standard InChI is InChI=1S/C27H34F3N5O2/c28-27(29,30)23-5-3-6-24(33-23)34-15-9-19(10-16-34)25(36)35-17-11-21(18-35)32-20-7-12-26(37,13-8-20)22-4-1-2-14-31-22/h1-6,14,19-21,32,37H,7-13,15-18H2/t20?,21-,26?/m0/s1. The van der Waals surface area contributed by atoms with Gasteiger partial charge in [-0.25, -0.2) is 4.98 Å². The van der Waals surface area contributed by atoms with E-state index in [0.717, 1.165) is 37.6 Å². The number of nitrogens with one attached hydrogen (secondary N) is 1. The number of aromatic nitrogens is 2. The van der Waals surface area contributed by atoms with Crippen LogP contribution < -0.4 is 10.2 Å². The van der Waals surface area contributed by atoms with E-state index in [2.05, 4.69) is 15.3 Å². The van der Waals surface area contributed by atoms with Crippen molar-refractivity contribution < 1.29 is 23.1 Å². The van der Waals surface area contributed by atoms with Crippen molar-refractivity contribution in [3.8, 4) is 0 Å². The molecule has 2 N–H and O–H groups in total. The molecule has 0 unspecified atom stereocenters. The number of aliphatic hydroxyl groups is 1. The summed E-state index contributed by atoms with van der Waals surface area (Å²) in [5.74, 6) is 0.353. The zero-order valence-corrected chi connectivity index (χ0v) is 20.8. The van der Waals surface area contributed by atoms with Gasteiger partial charge in [-0.05, 0) is 69.2 Å². The molecule has 1 aliphatic carbocycles. The maximum absolute atomic E-state index is 13.2. The monoisotopic (exact) mass is 517 g/mol. The normalized spacial score (nSPS) is 27.5. The first-order valence-corrected chi connectivity index (χ1v) is 13.2. The fraction of sp³-hybridized carbons (Fsp3) is 0.593. The summed E-state index contributed by atoms with van der Waals surface area (Å²) in [5.41, 5.74) is -1.02. The number of alkyl halides is 3. The van der Waals surface area contributed by atoms with Crippen LogP contribution in [0.15, 0.2) is 42.6 Å². The molecule has 4 heterocycles. The summed E-state index contributed by atoms with van der Waals surface area (Å²) in [5, 5.41) is 14.7. The molecular formula is C27H34F3N5O2. The lowest BCUT2D eigenvalue weighted by Gasteiger charge is -2.37. The summed E-state index contributed by atoms with van der Waals surface area (Å²) in [6, 6.07) is 10.1. The number of amides is 1. The Hall–Kier alpha value is -2.72. The Morgan fingerprint density at radius 3 is 2.41 bits per heavy atom. The molecule has 2 saturated heterocycles. The molecule has 10 heteroatoms. The second-order valence-electron chi connectivity index (χ2n) is 10.6. The number of carbonyl (C=O) groups is 1. The molecule has 2 aliphatic heterocycles. The van der Waals surface area contributed by atoms with E-state index in [-0.39, 0.29) is 17.9 Å². The summed E-state index contributed by atoms with van der Waals surface area (Å²) in [6.45, 7) is 2.43. The van der Waals surface area contributed by atoms with Gasteiger partial charge in [0.15, 0.2) is 0 Å². The first-order chi connectivity index (χ1) is 17.7. The topological polar surface area (TPSA) is 81.6 Å². The summed E-state index contributed by atoms with van der Waals surface area (Å²) in [7, 11) is 0. The van der Waals surface area contributed by atoms with Crippen LogP contribution in [0, 0.1) is 5.92 Å². The Balaban J connectivity index is 1.07. The van der Waals surface area contributed by atoms with E-state index in [1.165, 1.54) is 6.07 Å². The predicted octanol–water partition coefficient (Wildman–Crippen LogP) is 3.73. The summed E-state index contributed by atoms with van der Waals surface area (Å²) in [4.78, 5) is 25.1. The lowest BCUT2D eigenvalue weighted by Crippen LogP contribution is -2.46. The molecular weight excluding hydrogens is 483 g/mol. The third-order valence-corrected chi connectivity index (χ3v) is 8.12. The fourth-order valence-electron chi connectivity index (χ4n) is 5.96. The fourth-order valence-corrected chi connectivity index (χ4v) is 5.96. The van der Waals surface area contributed by atoms with Crippen LogP contribution in [0.2, 0.25) is 0 Å². The Bertz CT molecular complexity index is 1070. The predicted molar refractivity (Wildman–Crippen MR) is 133 cm³/mol. The van der Waals surface area contributed by atoms with E-state index in [4.69, 9.17) is 0 Å². The van der Waals surface area contributed by atoms with Crippen molar-refractivity contribution in [2.24, 2.45) is 5.92 Å². The molecule has 1 amide bonds. The van der Waals surface area contributed by atoms with Gasteiger partial charge in [-0.1, -0.05) is 12.1 Å². The quantitative estimate of drug-likeness (QED) is 0.629. The molecule has 3 aliphatic rings. The van der Waals surface area contributed by atoms with Gasteiger partial charge in [0.1, 0.15) is 17.1 Å². The molecule has 1 atom stereocenters. The van der Waals surface area contributed by atoms with Crippen LogP contribution in [0.5, 0.6) is 0 Å². The molecule has 0 radical (unpaired) electrons. The lowest BCUT2D eigenvalue weighted by molar-refractivity contribution is -0.141. The highest BCUT2D eigenvalue weighted by Gasteiger charge is 2.38. The van der Waals surface area contributed by atoms with Gasteiger partial charge in [-0.3, -0.25) is 9.78 Å². The maximum Gasteiger partial charge on any atom is 0.433 e. The SMILES string of the molecule is O=C(C1CCN(c2cccc(C(F)(F)F)n2)CC1)N1CC[C@H](NC2CCC(O)(c3ccccn3)CC2)C1. The number of hydrogen-bond donors (Lipinski definition) is 2. The molecule has 3 fully saturated rings. The third-order valence-electron chi connectivity index (χ3n) is 8.12. The molecule has 37 heavy (non-hydrogen) atoms. The molecule has 2 aromatic rings. The largest absolute Gasteiger partial charge is 0.433 e. The molecule has 0 aromatic carbocycles. The van der Waals surface area contributed by atoms with Crippen molar-refractivity contribution in [1.29, 1.82) is 0 Å². The first-order valence-electron chi connectivity index (χ1n) is 13.2. The zero-order chi connectivity index (χ0) is 26.0. The minimum atomic E-state index is -4.47. The molecule has 0 spiro atoms. The van der Waals surface area contributed by atoms with E-state index < -0.39 is 17.5 Å². The average molecular weight is 518 g/mol. The molecule has 1 saturated carbocycles. The molecule has 0 bridgehead atoms. The number of halogens is 3. The van der Waals surface area contributed by atoms with E-state index in [1.807, 2.05) is 28.0 Å². The molecule has 5 rings (SSSR count). The minimum absolute atomic E-state index is 0.108. The highest BCUT2D eigenvalue weighted by molar-refractivity contribution is 5.79. The van der Waals surface area contributed by atoms with E-state index in [0.29, 0.717) is 57.2 Å².